The zero-order valence-corrected chi connectivity index (χ0v) is 16.6. The van der Waals surface area contributed by atoms with Crippen molar-refractivity contribution < 1.29 is 4.79 Å². The number of aromatic nitrogens is 2. The Morgan fingerprint density at radius 2 is 2.08 bits per heavy atom. The number of rotatable bonds is 5. The molecular formula is C19H24N4OS2. The molecule has 0 saturated heterocycles. The second-order valence-corrected chi connectivity index (χ2v) is 9.29. The first kappa shape index (κ1) is 17.8. The third kappa shape index (κ3) is 3.88. The first-order valence-corrected chi connectivity index (χ1v) is 11.1. The molecule has 1 fully saturated rings. The maximum Gasteiger partial charge on any atom is 0.237 e. The van der Waals surface area contributed by atoms with Gasteiger partial charge in [-0.15, -0.1) is 10.2 Å². The predicted molar refractivity (Wildman–Crippen MR) is 108 cm³/mol. The Morgan fingerprint density at radius 1 is 1.27 bits per heavy atom. The van der Waals surface area contributed by atoms with E-state index in [4.69, 9.17) is 0 Å². The molecule has 1 N–H and O–H groups in total. The van der Waals surface area contributed by atoms with Crippen molar-refractivity contribution in [3.63, 3.8) is 0 Å². The van der Waals surface area contributed by atoms with Gasteiger partial charge >= 0.3 is 0 Å². The SMILES string of the molecule is C[C@H]1Cc2ccccc2N1C(=O)CSc1nnc(NC2CCCCC2)s1. The smallest absolute Gasteiger partial charge is 0.237 e. The summed E-state index contributed by atoms with van der Waals surface area (Å²) in [6.45, 7) is 2.11. The molecule has 0 unspecified atom stereocenters. The standard InChI is InChI=1S/C19H24N4OS2/c1-13-11-14-7-5-6-10-16(14)23(13)17(24)12-25-19-22-21-18(26-19)20-15-8-3-2-4-9-15/h5-7,10,13,15H,2-4,8-9,11-12H2,1H3,(H,20,21)/t13-/m0/s1. The van der Waals surface area contributed by atoms with Crippen LogP contribution in [0, 0.1) is 0 Å². The Labute approximate surface area is 162 Å². The first-order valence-electron chi connectivity index (χ1n) is 9.33. The van der Waals surface area contributed by atoms with Gasteiger partial charge in [0.15, 0.2) is 4.34 Å². The summed E-state index contributed by atoms with van der Waals surface area (Å²) in [6, 6.07) is 8.93. The lowest BCUT2D eigenvalue weighted by Crippen LogP contribution is -2.36. The molecule has 2 aromatic rings. The summed E-state index contributed by atoms with van der Waals surface area (Å²) in [4.78, 5) is 14.7. The predicted octanol–water partition coefficient (Wildman–Crippen LogP) is 4.35. The van der Waals surface area contributed by atoms with Crippen LogP contribution < -0.4 is 10.2 Å². The number of amides is 1. The number of thioether (sulfide) groups is 1. The molecule has 1 aromatic heterocycles. The highest BCUT2D eigenvalue weighted by molar-refractivity contribution is 8.01. The second kappa shape index (κ2) is 7.96. The highest BCUT2D eigenvalue weighted by Gasteiger charge is 2.30. The summed E-state index contributed by atoms with van der Waals surface area (Å²) in [5, 5.41) is 12.9. The molecule has 1 amide bonds. The van der Waals surface area contributed by atoms with E-state index in [1.807, 2.05) is 23.1 Å². The van der Waals surface area contributed by atoms with Crippen LogP contribution in [0.15, 0.2) is 28.6 Å². The number of para-hydroxylation sites is 1. The Hall–Kier alpha value is -1.60. The van der Waals surface area contributed by atoms with Crippen molar-refractivity contribution in [1.82, 2.24) is 10.2 Å². The first-order chi connectivity index (χ1) is 12.7. The molecule has 1 saturated carbocycles. The van der Waals surface area contributed by atoms with Gasteiger partial charge in [-0.25, -0.2) is 0 Å². The van der Waals surface area contributed by atoms with Gasteiger partial charge in [0, 0.05) is 17.8 Å². The fraction of sp³-hybridized carbons (Fsp3) is 0.526. The van der Waals surface area contributed by atoms with Gasteiger partial charge in [-0.2, -0.15) is 0 Å². The van der Waals surface area contributed by atoms with E-state index in [9.17, 15) is 4.79 Å². The summed E-state index contributed by atoms with van der Waals surface area (Å²) in [5.74, 6) is 0.543. The molecule has 26 heavy (non-hydrogen) atoms. The number of benzene rings is 1. The zero-order chi connectivity index (χ0) is 17.9. The number of anilines is 2. The van der Waals surface area contributed by atoms with Crippen LogP contribution in [0.1, 0.15) is 44.6 Å². The van der Waals surface area contributed by atoms with Crippen molar-refractivity contribution in [3.8, 4) is 0 Å². The topological polar surface area (TPSA) is 58.1 Å². The fourth-order valence-electron chi connectivity index (χ4n) is 3.89. The third-order valence-corrected chi connectivity index (χ3v) is 7.11. The largest absolute Gasteiger partial charge is 0.357 e. The molecule has 0 spiro atoms. The van der Waals surface area contributed by atoms with Crippen LogP contribution in [0.3, 0.4) is 0 Å². The summed E-state index contributed by atoms with van der Waals surface area (Å²) >= 11 is 3.04. The van der Waals surface area contributed by atoms with Crippen LogP contribution in [0.5, 0.6) is 0 Å². The van der Waals surface area contributed by atoms with Crippen LogP contribution in [0.4, 0.5) is 10.8 Å². The molecule has 1 atom stereocenters. The van der Waals surface area contributed by atoms with E-state index in [-0.39, 0.29) is 11.9 Å². The number of hydrogen-bond donors (Lipinski definition) is 1. The van der Waals surface area contributed by atoms with E-state index in [2.05, 4.69) is 28.5 Å². The molecule has 1 aliphatic heterocycles. The molecule has 7 heteroatoms. The van der Waals surface area contributed by atoms with Crippen LogP contribution >= 0.6 is 23.1 Å². The monoisotopic (exact) mass is 388 g/mol. The van der Waals surface area contributed by atoms with Gasteiger partial charge in [-0.05, 0) is 37.8 Å². The number of carbonyl (C=O) groups excluding carboxylic acids is 1. The van der Waals surface area contributed by atoms with Crippen LogP contribution in [0.25, 0.3) is 0 Å². The van der Waals surface area contributed by atoms with E-state index in [0.29, 0.717) is 11.8 Å². The number of hydrogen-bond acceptors (Lipinski definition) is 6. The molecule has 138 valence electrons. The highest BCUT2D eigenvalue weighted by atomic mass is 32.2. The zero-order valence-electron chi connectivity index (χ0n) is 15.0. The molecule has 5 nitrogen and oxygen atoms in total. The van der Waals surface area contributed by atoms with Crippen molar-refractivity contribution in [2.75, 3.05) is 16.0 Å². The number of nitrogens with one attached hydrogen (secondary N) is 1. The van der Waals surface area contributed by atoms with Crippen molar-refractivity contribution in [1.29, 1.82) is 0 Å². The maximum absolute atomic E-state index is 12.8. The summed E-state index contributed by atoms with van der Waals surface area (Å²) in [6.07, 6.45) is 7.29. The summed E-state index contributed by atoms with van der Waals surface area (Å²) in [7, 11) is 0. The van der Waals surface area contributed by atoms with E-state index < -0.39 is 0 Å². The van der Waals surface area contributed by atoms with E-state index >= 15 is 0 Å². The van der Waals surface area contributed by atoms with E-state index in [0.717, 1.165) is 21.6 Å². The van der Waals surface area contributed by atoms with Crippen LogP contribution in [0.2, 0.25) is 0 Å². The minimum atomic E-state index is 0.143. The van der Waals surface area contributed by atoms with Gasteiger partial charge < -0.3 is 10.2 Å². The summed E-state index contributed by atoms with van der Waals surface area (Å²) in [5.41, 5.74) is 2.32. The maximum atomic E-state index is 12.8. The molecular weight excluding hydrogens is 364 g/mol. The van der Waals surface area contributed by atoms with Gasteiger partial charge in [0.2, 0.25) is 11.0 Å². The van der Waals surface area contributed by atoms with E-state index in [1.165, 1.54) is 49.4 Å². The summed E-state index contributed by atoms with van der Waals surface area (Å²) < 4.78 is 0.858. The highest BCUT2D eigenvalue weighted by Crippen LogP contribution is 2.34. The van der Waals surface area contributed by atoms with Crippen molar-refractivity contribution in [2.45, 2.75) is 61.9 Å². The Balaban J connectivity index is 1.33. The molecule has 1 aromatic carbocycles. The Kier molecular flexibility index (Phi) is 5.45. The van der Waals surface area contributed by atoms with Gasteiger partial charge in [0.1, 0.15) is 0 Å². The minimum absolute atomic E-state index is 0.143. The van der Waals surface area contributed by atoms with Crippen LogP contribution in [-0.4, -0.2) is 33.9 Å². The Bertz CT molecular complexity index is 772. The van der Waals surface area contributed by atoms with Crippen molar-refractivity contribution >= 4 is 39.8 Å². The minimum Gasteiger partial charge on any atom is -0.357 e. The van der Waals surface area contributed by atoms with Crippen molar-refractivity contribution in [2.24, 2.45) is 0 Å². The van der Waals surface area contributed by atoms with Crippen molar-refractivity contribution in [3.05, 3.63) is 29.8 Å². The number of carbonyl (C=O) groups is 1. The van der Waals surface area contributed by atoms with E-state index in [1.54, 1.807) is 11.3 Å². The average Bonchev–Trinajstić information content (AvgIpc) is 3.23. The quantitative estimate of drug-likeness (QED) is 0.772. The molecule has 2 heterocycles. The van der Waals surface area contributed by atoms with Crippen LogP contribution in [-0.2, 0) is 11.2 Å². The lowest BCUT2D eigenvalue weighted by atomic mass is 9.96. The van der Waals surface area contributed by atoms with Gasteiger partial charge in [-0.1, -0.05) is 60.6 Å². The third-order valence-electron chi connectivity index (χ3n) is 5.13. The lowest BCUT2D eigenvalue weighted by Gasteiger charge is -2.22. The average molecular weight is 389 g/mol. The molecule has 2 aliphatic rings. The molecule has 0 radical (unpaired) electrons. The van der Waals surface area contributed by atoms with Gasteiger partial charge in [0.25, 0.3) is 0 Å². The Morgan fingerprint density at radius 3 is 2.92 bits per heavy atom. The molecule has 1 aliphatic carbocycles. The number of nitrogens with zero attached hydrogens (tertiary/aromatic N) is 3. The number of fused-ring (bicyclic) bond motifs is 1. The van der Waals surface area contributed by atoms with Gasteiger partial charge in [0.05, 0.1) is 5.75 Å². The molecule has 4 rings (SSSR count). The van der Waals surface area contributed by atoms with Gasteiger partial charge in [-0.3, -0.25) is 4.79 Å². The normalized spacial score (nSPS) is 20.2. The second-order valence-electron chi connectivity index (χ2n) is 7.09. The molecule has 0 bridgehead atoms. The fourth-order valence-corrected chi connectivity index (χ4v) is 5.57. The lowest BCUT2D eigenvalue weighted by molar-refractivity contribution is -0.116.